The number of hydrogen-bond donors (Lipinski definition) is 3. The molecule has 0 saturated heterocycles. The highest BCUT2D eigenvalue weighted by molar-refractivity contribution is 7.17. The van der Waals surface area contributed by atoms with E-state index >= 15 is 0 Å². The molecule has 8 nitrogen and oxygen atoms in total. The lowest BCUT2D eigenvalue weighted by Crippen LogP contribution is -2.22. The molecule has 3 N–H and O–H groups in total. The number of hydrogen-bond acceptors (Lipinski definition) is 6. The van der Waals surface area contributed by atoms with Gasteiger partial charge in [0.05, 0.1) is 31.3 Å². The van der Waals surface area contributed by atoms with Crippen LogP contribution in [-0.4, -0.2) is 24.0 Å². The van der Waals surface area contributed by atoms with E-state index in [2.05, 4.69) is 20.9 Å². The van der Waals surface area contributed by atoms with Gasteiger partial charge in [-0.1, -0.05) is 23.5 Å². The van der Waals surface area contributed by atoms with Crippen molar-refractivity contribution in [2.75, 3.05) is 17.7 Å². The Hall–Kier alpha value is -3.33. The van der Waals surface area contributed by atoms with Gasteiger partial charge < -0.3 is 19.8 Å². The Kier molecular flexibility index (Phi) is 5.72. The van der Waals surface area contributed by atoms with Gasteiger partial charge in [-0.05, 0) is 31.2 Å². The zero-order chi connectivity index (χ0) is 19.2. The average Bonchev–Trinajstić information content (AvgIpc) is 3.29. The van der Waals surface area contributed by atoms with E-state index in [0.717, 1.165) is 11.3 Å². The summed E-state index contributed by atoms with van der Waals surface area (Å²) in [6, 6.07) is 10.1. The molecule has 0 atom stereocenters. The molecular weight excluding hydrogens is 368 g/mol. The molecule has 0 fully saturated rings. The van der Waals surface area contributed by atoms with Crippen LogP contribution in [0, 0.1) is 6.92 Å². The summed E-state index contributed by atoms with van der Waals surface area (Å²) in [5, 5.41) is 8.40. The minimum atomic E-state index is -0.476. The topological polar surface area (TPSA) is 105 Å². The first kappa shape index (κ1) is 18.5. The normalized spacial score (nSPS) is 10.3. The lowest BCUT2D eigenvalue weighted by Gasteiger charge is -2.09. The lowest BCUT2D eigenvalue weighted by atomic mass is 10.3. The van der Waals surface area contributed by atoms with Crippen molar-refractivity contribution in [2.24, 2.45) is 0 Å². The van der Waals surface area contributed by atoms with Gasteiger partial charge in [-0.25, -0.2) is 9.78 Å². The molecule has 0 spiro atoms. The van der Waals surface area contributed by atoms with Crippen LogP contribution in [-0.2, 0) is 6.54 Å². The van der Waals surface area contributed by atoms with E-state index in [1.54, 1.807) is 49.6 Å². The van der Waals surface area contributed by atoms with E-state index in [-0.39, 0.29) is 12.5 Å². The number of ether oxygens (including phenoxy) is 1. The summed E-state index contributed by atoms with van der Waals surface area (Å²) in [6.07, 6.45) is 1.54. The second kappa shape index (κ2) is 8.37. The Morgan fingerprint density at radius 3 is 2.74 bits per heavy atom. The number of para-hydroxylation sites is 2. The van der Waals surface area contributed by atoms with Crippen LogP contribution in [0.3, 0.4) is 0 Å². The highest BCUT2D eigenvalue weighted by Gasteiger charge is 2.17. The van der Waals surface area contributed by atoms with E-state index < -0.39 is 6.03 Å². The van der Waals surface area contributed by atoms with Gasteiger partial charge >= 0.3 is 6.03 Å². The first-order valence-corrected chi connectivity index (χ1v) is 8.87. The Labute approximate surface area is 159 Å². The Morgan fingerprint density at radius 2 is 2.00 bits per heavy atom. The van der Waals surface area contributed by atoms with Gasteiger partial charge in [0.2, 0.25) is 0 Å². The van der Waals surface area contributed by atoms with E-state index in [9.17, 15) is 9.59 Å². The van der Waals surface area contributed by atoms with Gasteiger partial charge in [-0.2, -0.15) is 0 Å². The monoisotopic (exact) mass is 386 g/mol. The highest BCUT2D eigenvalue weighted by Crippen LogP contribution is 2.25. The molecular formula is C18H18N4O4S. The molecule has 0 radical (unpaired) electrons. The number of thiazole rings is 1. The van der Waals surface area contributed by atoms with Gasteiger partial charge in [0.15, 0.2) is 5.13 Å². The summed E-state index contributed by atoms with van der Waals surface area (Å²) in [5.74, 6) is 0.917. The number of benzene rings is 1. The number of carbonyl (C=O) groups is 2. The maximum Gasteiger partial charge on any atom is 0.325 e. The fourth-order valence-corrected chi connectivity index (χ4v) is 3.20. The minimum absolute atomic E-state index is 0.278. The van der Waals surface area contributed by atoms with Crippen molar-refractivity contribution < 1.29 is 18.7 Å². The third kappa shape index (κ3) is 4.64. The van der Waals surface area contributed by atoms with Crippen molar-refractivity contribution in [3.05, 3.63) is 59.0 Å². The zero-order valence-electron chi connectivity index (χ0n) is 14.7. The lowest BCUT2D eigenvalue weighted by molar-refractivity contribution is 0.0951. The standard InChI is InChI=1S/C18H18N4O4S/c1-11-15(16(23)19-10-12-6-5-9-26-12)27-18(20-11)22-17(24)21-13-7-3-4-8-14(13)25-2/h3-9H,10H2,1-2H3,(H,19,23)(H2,20,21,22,24). The van der Waals surface area contributed by atoms with Crippen molar-refractivity contribution in [1.82, 2.24) is 10.3 Å². The van der Waals surface area contributed by atoms with Crippen LogP contribution in [0.4, 0.5) is 15.6 Å². The van der Waals surface area contributed by atoms with Crippen LogP contribution < -0.4 is 20.7 Å². The molecule has 27 heavy (non-hydrogen) atoms. The van der Waals surface area contributed by atoms with E-state index in [4.69, 9.17) is 9.15 Å². The second-order valence-corrected chi connectivity index (χ2v) is 6.47. The van der Waals surface area contributed by atoms with Crippen LogP contribution >= 0.6 is 11.3 Å². The average molecular weight is 386 g/mol. The molecule has 0 aliphatic carbocycles. The maximum atomic E-state index is 12.3. The van der Waals surface area contributed by atoms with Crippen LogP contribution in [0.1, 0.15) is 21.1 Å². The number of anilines is 2. The first-order chi connectivity index (χ1) is 13.1. The number of carbonyl (C=O) groups excluding carboxylic acids is 2. The molecule has 0 aliphatic heterocycles. The summed E-state index contributed by atoms with van der Waals surface area (Å²) in [7, 11) is 1.52. The molecule has 9 heteroatoms. The van der Waals surface area contributed by atoms with E-state index in [0.29, 0.717) is 32.9 Å². The third-order valence-corrected chi connectivity index (χ3v) is 4.65. The number of urea groups is 1. The van der Waals surface area contributed by atoms with Crippen molar-refractivity contribution in [3.8, 4) is 5.75 Å². The quantitative estimate of drug-likeness (QED) is 0.600. The summed E-state index contributed by atoms with van der Waals surface area (Å²) < 4.78 is 10.4. The van der Waals surface area contributed by atoms with E-state index in [1.807, 2.05) is 0 Å². The Bertz CT molecular complexity index is 937. The van der Waals surface area contributed by atoms with Crippen LogP contribution in [0.2, 0.25) is 0 Å². The molecule has 0 bridgehead atoms. The van der Waals surface area contributed by atoms with Gasteiger partial charge in [0.25, 0.3) is 5.91 Å². The SMILES string of the molecule is COc1ccccc1NC(=O)Nc1nc(C)c(C(=O)NCc2ccco2)s1. The second-order valence-electron chi connectivity index (χ2n) is 5.48. The maximum absolute atomic E-state index is 12.3. The smallest absolute Gasteiger partial charge is 0.325 e. The van der Waals surface area contributed by atoms with Gasteiger partial charge in [0.1, 0.15) is 16.4 Å². The molecule has 0 saturated carbocycles. The number of furan rings is 1. The highest BCUT2D eigenvalue weighted by atomic mass is 32.1. The number of nitrogens with zero attached hydrogens (tertiary/aromatic N) is 1. The summed E-state index contributed by atoms with van der Waals surface area (Å²) >= 11 is 1.10. The van der Waals surface area contributed by atoms with Crippen molar-refractivity contribution in [3.63, 3.8) is 0 Å². The van der Waals surface area contributed by atoms with Gasteiger partial charge in [0, 0.05) is 0 Å². The Balaban J connectivity index is 1.61. The first-order valence-electron chi connectivity index (χ1n) is 8.06. The summed E-state index contributed by atoms with van der Waals surface area (Å²) in [5.41, 5.74) is 1.06. The molecule has 0 unspecified atom stereocenters. The number of aryl methyl sites for hydroxylation is 1. The predicted molar refractivity (Wildman–Crippen MR) is 102 cm³/mol. The fraction of sp³-hybridized carbons (Fsp3) is 0.167. The van der Waals surface area contributed by atoms with Crippen LogP contribution in [0.15, 0.2) is 47.1 Å². The number of aromatic nitrogens is 1. The van der Waals surface area contributed by atoms with Crippen LogP contribution in [0.25, 0.3) is 0 Å². The number of rotatable bonds is 6. The Morgan fingerprint density at radius 1 is 1.19 bits per heavy atom. The molecule has 3 amide bonds. The van der Waals surface area contributed by atoms with E-state index in [1.165, 1.54) is 7.11 Å². The predicted octanol–water partition coefficient (Wildman–Crippen LogP) is 3.63. The summed E-state index contributed by atoms with van der Waals surface area (Å²) in [6.45, 7) is 1.99. The minimum Gasteiger partial charge on any atom is -0.495 e. The third-order valence-electron chi connectivity index (χ3n) is 3.58. The fourth-order valence-electron chi connectivity index (χ4n) is 2.32. The van der Waals surface area contributed by atoms with Crippen molar-refractivity contribution in [1.29, 1.82) is 0 Å². The van der Waals surface area contributed by atoms with Crippen LogP contribution in [0.5, 0.6) is 5.75 Å². The number of amides is 3. The molecule has 2 heterocycles. The largest absolute Gasteiger partial charge is 0.495 e. The molecule has 140 valence electrons. The van der Waals surface area contributed by atoms with Gasteiger partial charge in [-0.15, -0.1) is 0 Å². The van der Waals surface area contributed by atoms with Gasteiger partial charge in [-0.3, -0.25) is 10.1 Å². The molecule has 0 aliphatic rings. The van der Waals surface area contributed by atoms with Crippen molar-refractivity contribution in [2.45, 2.75) is 13.5 Å². The molecule has 1 aromatic carbocycles. The molecule has 3 rings (SSSR count). The molecule has 2 aromatic heterocycles. The summed E-state index contributed by atoms with van der Waals surface area (Å²) in [4.78, 5) is 29.2. The number of methoxy groups -OCH3 is 1. The zero-order valence-corrected chi connectivity index (χ0v) is 15.6. The molecule has 3 aromatic rings. The number of nitrogens with one attached hydrogen (secondary N) is 3. The van der Waals surface area contributed by atoms with Crippen molar-refractivity contribution >= 4 is 34.1 Å².